The van der Waals surface area contributed by atoms with Gasteiger partial charge < -0.3 is 9.84 Å². The molecule has 16 heavy (non-hydrogen) atoms. The number of halogens is 1. The first-order valence-electron chi connectivity index (χ1n) is 4.72. The molecule has 1 aromatic carbocycles. The third-order valence-electron chi connectivity index (χ3n) is 2.27. The summed E-state index contributed by atoms with van der Waals surface area (Å²) in [4.78, 5) is 11.5. The van der Waals surface area contributed by atoms with E-state index in [-0.39, 0.29) is 12.0 Å². The van der Waals surface area contributed by atoms with Gasteiger partial charge in [-0.25, -0.2) is 9.18 Å². The second kappa shape index (κ2) is 4.90. The molecule has 0 aliphatic rings. The van der Waals surface area contributed by atoms with E-state index in [1.165, 1.54) is 24.3 Å². The largest absolute Gasteiger partial charge is 0.467 e. The molecule has 0 saturated heterocycles. The first-order chi connectivity index (χ1) is 7.54. The Labute approximate surface area is 93.2 Å². The number of esters is 1. The molecular formula is C12H13FO3. The van der Waals surface area contributed by atoms with Crippen LogP contribution in [0.1, 0.15) is 12.0 Å². The zero-order valence-corrected chi connectivity index (χ0v) is 8.94. The summed E-state index contributed by atoms with van der Waals surface area (Å²) in [6, 6.07) is 5.21. The van der Waals surface area contributed by atoms with Crippen LogP contribution in [-0.2, 0) is 15.1 Å². The molecule has 1 aromatic rings. The Kier molecular flexibility index (Phi) is 3.79. The number of rotatable bonds is 4. The smallest absolute Gasteiger partial charge is 0.342 e. The van der Waals surface area contributed by atoms with Crippen LogP contribution < -0.4 is 0 Å². The van der Waals surface area contributed by atoms with Crippen LogP contribution in [0.25, 0.3) is 0 Å². The fourth-order valence-corrected chi connectivity index (χ4v) is 1.44. The van der Waals surface area contributed by atoms with Gasteiger partial charge in [-0.05, 0) is 17.7 Å². The van der Waals surface area contributed by atoms with Crippen LogP contribution in [0.15, 0.2) is 36.9 Å². The lowest BCUT2D eigenvalue weighted by molar-refractivity contribution is -0.163. The van der Waals surface area contributed by atoms with Crippen LogP contribution in [0.5, 0.6) is 0 Å². The molecular weight excluding hydrogens is 211 g/mol. The van der Waals surface area contributed by atoms with Crippen molar-refractivity contribution in [3.05, 3.63) is 48.3 Å². The van der Waals surface area contributed by atoms with E-state index in [0.29, 0.717) is 0 Å². The van der Waals surface area contributed by atoms with Crippen LogP contribution in [0.4, 0.5) is 4.39 Å². The summed E-state index contributed by atoms with van der Waals surface area (Å²) in [5, 5.41) is 10.2. The number of hydrogen-bond acceptors (Lipinski definition) is 3. The minimum Gasteiger partial charge on any atom is -0.467 e. The zero-order chi connectivity index (χ0) is 12.2. The van der Waals surface area contributed by atoms with E-state index in [1.54, 1.807) is 0 Å². The van der Waals surface area contributed by atoms with Gasteiger partial charge in [0.1, 0.15) is 5.82 Å². The summed E-state index contributed by atoms with van der Waals surface area (Å²) in [5.41, 5.74) is -1.72. The Hall–Kier alpha value is -1.68. The third-order valence-corrected chi connectivity index (χ3v) is 2.27. The molecule has 0 fully saturated rings. The van der Waals surface area contributed by atoms with Crippen molar-refractivity contribution in [1.29, 1.82) is 0 Å². The molecule has 1 N–H and O–H groups in total. The number of carbonyl (C=O) groups excluding carboxylic acids is 1. The van der Waals surface area contributed by atoms with Gasteiger partial charge in [-0.15, -0.1) is 6.58 Å². The Morgan fingerprint density at radius 3 is 2.88 bits per heavy atom. The molecule has 0 aliphatic heterocycles. The average Bonchev–Trinajstić information content (AvgIpc) is 2.28. The molecule has 0 aliphatic carbocycles. The van der Waals surface area contributed by atoms with Gasteiger partial charge in [0, 0.05) is 6.42 Å². The standard InChI is InChI=1S/C12H13FO3/c1-3-7-12(15,11(14)16-2)9-5-4-6-10(13)8-9/h3-6,8,15H,1,7H2,2H3. The van der Waals surface area contributed by atoms with Crippen LogP contribution in [0.2, 0.25) is 0 Å². The Morgan fingerprint density at radius 1 is 1.69 bits per heavy atom. The molecule has 0 amide bonds. The molecule has 0 spiro atoms. The highest BCUT2D eigenvalue weighted by Gasteiger charge is 2.38. The van der Waals surface area contributed by atoms with Gasteiger partial charge in [0.05, 0.1) is 7.11 Å². The van der Waals surface area contributed by atoms with Crippen molar-refractivity contribution < 1.29 is 19.0 Å². The average molecular weight is 224 g/mol. The van der Waals surface area contributed by atoms with Gasteiger partial charge in [0.25, 0.3) is 0 Å². The second-order valence-corrected chi connectivity index (χ2v) is 3.36. The van der Waals surface area contributed by atoms with Gasteiger partial charge in [-0.3, -0.25) is 0 Å². The first kappa shape index (κ1) is 12.4. The maximum Gasteiger partial charge on any atom is 0.342 e. The number of carbonyl (C=O) groups is 1. The lowest BCUT2D eigenvalue weighted by atomic mass is 9.90. The monoisotopic (exact) mass is 224 g/mol. The van der Waals surface area contributed by atoms with Crippen LogP contribution in [0, 0.1) is 5.82 Å². The number of methoxy groups -OCH3 is 1. The highest BCUT2D eigenvalue weighted by Crippen LogP contribution is 2.27. The maximum atomic E-state index is 13.0. The van der Waals surface area contributed by atoms with E-state index in [1.807, 2.05) is 0 Å². The number of hydrogen-bond donors (Lipinski definition) is 1. The van der Waals surface area contributed by atoms with Gasteiger partial charge in [0.2, 0.25) is 0 Å². The SMILES string of the molecule is C=CCC(O)(C(=O)OC)c1cccc(F)c1. The van der Waals surface area contributed by atoms with E-state index < -0.39 is 17.4 Å². The molecule has 1 unspecified atom stereocenters. The van der Waals surface area contributed by atoms with Gasteiger partial charge in [-0.1, -0.05) is 18.2 Å². The lowest BCUT2D eigenvalue weighted by Gasteiger charge is -2.24. The van der Waals surface area contributed by atoms with Crippen molar-refractivity contribution in [1.82, 2.24) is 0 Å². The van der Waals surface area contributed by atoms with E-state index in [2.05, 4.69) is 11.3 Å². The molecule has 0 bridgehead atoms. The second-order valence-electron chi connectivity index (χ2n) is 3.36. The fraction of sp³-hybridized carbons (Fsp3) is 0.250. The van der Waals surface area contributed by atoms with Crippen molar-refractivity contribution in [2.45, 2.75) is 12.0 Å². The molecule has 1 atom stereocenters. The summed E-state index contributed by atoms with van der Waals surface area (Å²) in [6.45, 7) is 3.45. The Balaban J connectivity index is 3.20. The van der Waals surface area contributed by atoms with E-state index in [4.69, 9.17) is 0 Å². The highest BCUT2D eigenvalue weighted by molar-refractivity contribution is 5.81. The topological polar surface area (TPSA) is 46.5 Å². The van der Waals surface area contributed by atoms with Crippen molar-refractivity contribution in [3.63, 3.8) is 0 Å². The highest BCUT2D eigenvalue weighted by atomic mass is 19.1. The third kappa shape index (κ3) is 2.28. The lowest BCUT2D eigenvalue weighted by Crippen LogP contribution is -2.36. The number of benzene rings is 1. The van der Waals surface area contributed by atoms with Crippen LogP contribution in [-0.4, -0.2) is 18.2 Å². The van der Waals surface area contributed by atoms with E-state index in [9.17, 15) is 14.3 Å². The zero-order valence-electron chi connectivity index (χ0n) is 8.94. The molecule has 3 nitrogen and oxygen atoms in total. The number of ether oxygens (including phenoxy) is 1. The van der Waals surface area contributed by atoms with Crippen molar-refractivity contribution in [2.24, 2.45) is 0 Å². The fourth-order valence-electron chi connectivity index (χ4n) is 1.44. The summed E-state index contributed by atoms with van der Waals surface area (Å²) < 4.78 is 17.5. The molecule has 4 heteroatoms. The van der Waals surface area contributed by atoms with Gasteiger partial charge >= 0.3 is 5.97 Å². The van der Waals surface area contributed by atoms with E-state index in [0.717, 1.165) is 13.2 Å². The normalized spacial score (nSPS) is 13.9. The van der Waals surface area contributed by atoms with Gasteiger partial charge in [-0.2, -0.15) is 0 Å². The Morgan fingerprint density at radius 2 is 2.38 bits per heavy atom. The first-order valence-corrected chi connectivity index (χ1v) is 4.72. The number of aliphatic hydroxyl groups is 1. The summed E-state index contributed by atoms with van der Waals surface area (Å²) in [7, 11) is 1.16. The molecule has 1 rings (SSSR count). The minimum atomic E-state index is -1.88. The summed E-state index contributed by atoms with van der Waals surface area (Å²) >= 11 is 0. The summed E-state index contributed by atoms with van der Waals surface area (Å²) in [6.07, 6.45) is 1.34. The van der Waals surface area contributed by atoms with Crippen LogP contribution >= 0.6 is 0 Å². The molecule has 0 radical (unpaired) electrons. The quantitative estimate of drug-likeness (QED) is 0.626. The van der Waals surface area contributed by atoms with Crippen molar-refractivity contribution >= 4 is 5.97 Å². The maximum absolute atomic E-state index is 13.0. The molecule has 0 heterocycles. The molecule has 86 valence electrons. The molecule has 0 aromatic heterocycles. The van der Waals surface area contributed by atoms with Crippen molar-refractivity contribution in [3.8, 4) is 0 Å². The Bertz CT molecular complexity index is 403. The van der Waals surface area contributed by atoms with Gasteiger partial charge in [0.15, 0.2) is 5.60 Å². The van der Waals surface area contributed by atoms with Crippen LogP contribution in [0.3, 0.4) is 0 Å². The predicted octanol–water partition coefficient (Wildman–Crippen LogP) is 1.76. The summed E-state index contributed by atoms with van der Waals surface area (Å²) in [5.74, 6) is -1.36. The predicted molar refractivity (Wildman–Crippen MR) is 57.1 cm³/mol. The van der Waals surface area contributed by atoms with E-state index >= 15 is 0 Å². The van der Waals surface area contributed by atoms with Crippen molar-refractivity contribution in [2.75, 3.05) is 7.11 Å². The molecule has 0 saturated carbocycles. The minimum absolute atomic E-state index is 0.0386.